The van der Waals surface area contributed by atoms with E-state index < -0.39 is 6.23 Å². The number of hydrogen-bond donors (Lipinski definition) is 3. The fourth-order valence-corrected chi connectivity index (χ4v) is 3.84. The summed E-state index contributed by atoms with van der Waals surface area (Å²) in [6, 6.07) is 12.4. The summed E-state index contributed by atoms with van der Waals surface area (Å²) in [5.74, 6) is 1.34. The Kier molecular flexibility index (Phi) is 5.47. The van der Waals surface area contributed by atoms with Crippen LogP contribution in [0.15, 0.2) is 48.7 Å². The van der Waals surface area contributed by atoms with E-state index in [0.29, 0.717) is 12.5 Å². The Labute approximate surface area is 171 Å². The summed E-state index contributed by atoms with van der Waals surface area (Å²) in [6.07, 6.45) is 6.66. The minimum atomic E-state index is -0.888. The van der Waals surface area contributed by atoms with E-state index in [1.54, 1.807) is 0 Å². The van der Waals surface area contributed by atoms with Gasteiger partial charge >= 0.3 is 0 Å². The van der Waals surface area contributed by atoms with Crippen molar-refractivity contribution in [2.75, 3.05) is 5.32 Å². The number of hydrogen-bond acceptors (Lipinski definition) is 5. The zero-order chi connectivity index (χ0) is 20.4. The summed E-state index contributed by atoms with van der Waals surface area (Å²) in [5.41, 5.74) is 11.2. The van der Waals surface area contributed by atoms with Crippen molar-refractivity contribution in [3.8, 4) is 5.95 Å². The Morgan fingerprint density at radius 2 is 2.10 bits per heavy atom. The van der Waals surface area contributed by atoms with Gasteiger partial charge in [-0.1, -0.05) is 43.3 Å². The van der Waals surface area contributed by atoms with E-state index in [1.807, 2.05) is 31.3 Å². The van der Waals surface area contributed by atoms with Crippen molar-refractivity contribution in [2.45, 2.75) is 45.4 Å². The third-order valence-electron chi connectivity index (χ3n) is 5.45. The molecule has 0 fully saturated rings. The Hall–Kier alpha value is -2.96. The van der Waals surface area contributed by atoms with E-state index in [-0.39, 0.29) is 5.92 Å². The second-order valence-electron chi connectivity index (χ2n) is 7.44. The molecule has 1 aliphatic carbocycles. The van der Waals surface area contributed by atoms with Gasteiger partial charge in [0, 0.05) is 29.9 Å². The van der Waals surface area contributed by atoms with E-state index in [0.717, 1.165) is 41.2 Å². The molecule has 6 heteroatoms. The molecule has 0 spiro atoms. The van der Waals surface area contributed by atoms with Crippen molar-refractivity contribution in [3.63, 3.8) is 0 Å². The molecule has 150 valence electrons. The van der Waals surface area contributed by atoms with Gasteiger partial charge < -0.3 is 16.2 Å². The average molecular weight is 390 g/mol. The molecule has 2 atom stereocenters. The number of aromatic nitrogens is 3. The van der Waals surface area contributed by atoms with Crippen molar-refractivity contribution in [3.05, 3.63) is 76.7 Å². The first kappa shape index (κ1) is 19.4. The van der Waals surface area contributed by atoms with Gasteiger partial charge in [-0.05, 0) is 43.0 Å². The van der Waals surface area contributed by atoms with Crippen LogP contribution in [-0.4, -0.2) is 25.9 Å². The molecular weight excluding hydrogens is 362 g/mol. The van der Waals surface area contributed by atoms with Gasteiger partial charge in [-0.15, -0.1) is 0 Å². The summed E-state index contributed by atoms with van der Waals surface area (Å²) in [6.45, 7) is 4.81. The smallest absolute Gasteiger partial charge is 0.236 e. The lowest BCUT2D eigenvalue weighted by molar-refractivity contribution is 0.150. The lowest BCUT2D eigenvalue weighted by Crippen LogP contribution is -2.28. The summed E-state index contributed by atoms with van der Waals surface area (Å²) in [7, 11) is 0. The lowest BCUT2D eigenvalue weighted by Gasteiger charge is -2.22. The molecule has 1 aliphatic rings. The van der Waals surface area contributed by atoms with Crippen molar-refractivity contribution < 1.29 is 5.11 Å². The number of fused-ring (bicyclic) bond motifs is 1. The number of nitrogens with one attached hydrogen (secondary N) is 1. The summed E-state index contributed by atoms with van der Waals surface area (Å²) in [4.78, 5) is 9.44. The summed E-state index contributed by atoms with van der Waals surface area (Å²) < 4.78 is 2.08. The molecule has 0 bridgehead atoms. The molecule has 4 rings (SSSR count). The Bertz CT molecular complexity index is 1020. The van der Waals surface area contributed by atoms with Gasteiger partial charge in [0.15, 0.2) is 0 Å². The molecule has 0 aliphatic heterocycles. The zero-order valence-corrected chi connectivity index (χ0v) is 16.8. The molecule has 2 aromatic heterocycles. The van der Waals surface area contributed by atoms with Gasteiger partial charge in [0.05, 0.1) is 5.69 Å². The molecule has 4 N–H and O–H groups in total. The Morgan fingerprint density at radius 3 is 2.83 bits per heavy atom. The first-order valence-corrected chi connectivity index (χ1v) is 10.0. The number of rotatable bonds is 6. The van der Waals surface area contributed by atoms with Gasteiger partial charge in [-0.25, -0.2) is 4.98 Å². The molecule has 0 saturated carbocycles. The van der Waals surface area contributed by atoms with Crippen LogP contribution >= 0.6 is 0 Å². The van der Waals surface area contributed by atoms with Crippen LogP contribution in [0.1, 0.15) is 47.3 Å². The monoisotopic (exact) mass is 389 g/mol. The highest BCUT2D eigenvalue weighted by Crippen LogP contribution is 2.35. The number of nitrogens with two attached hydrogens (primary N) is 1. The number of aliphatic hydroxyl groups is 1. The second-order valence-corrected chi connectivity index (χ2v) is 7.44. The van der Waals surface area contributed by atoms with Crippen LogP contribution in [0.2, 0.25) is 0 Å². The van der Waals surface area contributed by atoms with Gasteiger partial charge in [0.1, 0.15) is 12.0 Å². The fourth-order valence-electron chi connectivity index (χ4n) is 3.84. The molecule has 0 saturated heterocycles. The van der Waals surface area contributed by atoms with Crippen LogP contribution in [-0.2, 0) is 13.0 Å². The van der Waals surface area contributed by atoms with Gasteiger partial charge in [-0.3, -0.25) is 4.57 Å². The van der Waals surface area contributed by atoms with Crippen molar-refractivity contribution in [1.29, 1.82) is 0 Å². The highest BCUT2D eigenvalue weighted by atomic mass is 16.3. The van der Waals surface area contributed by atoms with Crippen molar-refractivity contribution in [2.24, 2.45) is 5.73 Å². The lowest BCUT2D eigenvalue weighted by atomic mass is 9.90. The third-order valence-corrected chi connectivity index (χ3v) is 5.45. The summed E-state index contributed by atoms with van der Waals surface area (Å²) in [5, 5.41) is 13.5. The zero-order valence-electron chi connectivity index (χ0n) is 16.8. The maximum Gasteiger partial charge on any atom is 0.236 e. The van der Waals surface area contributed by atoms with Crippen LogP contribution in [0.4, 0.5) is 5.82 Å². The van der Waals surface area contributed by atoms with Crippen molar-refractivity contribution >= 4 is 11.9 Å². The van der Waals surface area contributed by atoms with E-state index in [1.165, 1.54) is 5.56 Å². The molecule has 1 aromatic carbocycles. The molecular formula is C23H27N5O. The Balaban J connectivity index is 1.71. The quantitative estimate of drug-likeness (QED) is 0.561. The van der Waals surface area contributed by atoms with Gasteiger partial charge in [0.25, 0.3) is 0 Å². The predicted molar refractivity (Wildman–Crippen MR) is 116 cm³/mol. The topological polar surface area (TPSA) is 89.0 Å². The molecule has 2 unspecified atom stereocenters. The van der Waals surface area contributed by atoms with Crippen LogP contribution in [0.5, 0.6) is 0 Å². The third kappa shape index (κ3) is 3.81. The molecule has 3 aromatic rings. The highest BCUT2D eigenvalue weighted by Gasteiger charge is 2.27. The van der Waals surface area contributed by atoms with E-state index in [9.17, 15) is 5.11 Å². The minimum absolute atomic E-state index is 0.109. The number of aliphatic hydroxyl groups excluding tert-OH is 1. The van der Waals surface area contributed by atoms with Crippen molar-refractivity contribution in [1.82, 2.24) is 14.5 Å². The normalized spacial score (nSPS) is 16.5. The summed E-state index contributed by atoms with van der Waals surface area (Å²) >= 11 is 0. The standard InChI is InChI=1S/C23H27N5O/c1-3-17-12-19-18(21(24)29)10-7-11-20(19)28(17)23-26-13-15(2)22(27-23)25-14-16-8-5-4-6-9-16/h4-9,11-13,18,21,29H,3,10,14,24H2,1-2H3,(H,25,26,27). The van der Waals surface area contributed by atoms with E-state index in [2.05, 4.69) is 52.1 Å². The maximum absolute atomic E-state index is 10.0. The number of anilines is 1. The molecule has 2 heterocycles. The second kappa shape index (κ2) is 8.19. The van der Waals surface area contributed by atoms with Crippen LogP contribution in [0.3, 0.4) is 0 Å². The SMILES string of the molecule is CCc1cc2c(n1-c1ncc(C)c(NCc3ccccc3)n1)C=CCC2C(N)O. The fraction of sp³-hybridized carbons (Fsp3) is 0.304. The largest absolute Gasteiger partial charge is 0.378 e. The maximum atomic E-state index is 10.0. The number of aryl methyl sites for hydroxylation is 2. The number of nitrogens with zero attached hydrogens (tertiary/aromatic N) is 3. The molecule has 0 amide bonds. The van der Waals surface area contributed by atoms with E-state index >= 15 is 0 Å². The highest BCUT2D eigenvalue weighted by molar-refractivity contribution is 5.59. The van der Waals surface area contributed by atoms with Gasteiger partial charge in [0.2, 0.25) is 5.95 Å². The first-order chi connectivity index (χ1) is 14.1. The predicted octanol–water partition coefficient (Wildman–Crippen LogP) is 3.53. The van der Waals surface area contributed by atoms with E-state index in [4.69, 9.17) is 10.7 Å². The first-order valence-electron chi connectivity index (χ1n) is 10.0. The van der Waals surface area contributed by atoms with Crippen LogP contribution in [0.25, 0.3) is 12.0 Å². The average Bonchev–Trinajstić information content (AvgIpc) is 3.12. The Morgan fingerprint density at radius 1 is 1.31 bits per heavy atom. The van der Waals surface area contributed by atoms with Gasteiger partial charge in [-0.2, -0.15) is 4.98 Å². The number of benzene rings is 1. The molecule has 29 heavy (non-hydrogen) atoms. The number of allylic oxidation sites excluding steroid dienone is 1. The minimum Gasteiger partial charge on any atom is -0.378 e. The van der Waals surface area contributed by atoms with Crippen LogP contribution in [0, 0.1) is 6.92 Å². The van der Waals surface area contributed by atoms with Crippen LogP contribution < -0.4 is 11.1 Å². The molecule has 0 radical (unpaired) electrons. The molecule has 6 nitrogen and oxygen atoms in total.